The third kappa shape index (κ3) is 4.26. The van der Waals surface area contributed by atoms with E-state index in [2.05, 4.69) is 10.4 Å². The van der Waals surface area contributed by atoms with Gasteiger partial charge in [-0.2, -0.15) is 5.10 Å². The maximum absolute atomic E-state index is 12.2. The van der Waals surface area contributed by atoms with Crippen LogP contribution in [-0.2, 0) is 11.3 Å². The van der Waals surface area contributed by atoms with Gasteiger partial charge in [0.05, 0.1) is 19.3 Å². The summed E-state index contributed by atoms with van der Waals surface area (Å²) in [5, 5.41) is 7.49. The van der Waals surface area contributed by atoms with Crippen molar-refractivity contribution in [1.29, 1.82) is 0 Å². The Morgan fingerprint density at radius 2 is 2.00 bits per heavy atom. The lowest BCUT2D eigenvalue weighted by atomic mass is 10.1. The van der Waals surface area contributed by atoms with E-state index in [0.29, 0.717) is 12.2 Å². The molecule has 1 aromatic carbocycles. The van der Waals surface area contributed by atoms with Gasteiger partial charge in [0, 0.05) is 23.6 Å². The molecular weight excluding hydrogens is 318 g/mol. The van der Waals surface area contributed by atoms with Crippen molar-refractivity contribution in [3.05, 3.63) is 46.8 Å². The molecule has 1 atom stereocenters. The van der Waals surface area contributed by atoms with Gasteiger partial charge in [-0.1, -0.05) is 6.92 Å². The van der Waals surface area contributed by atoms with Crippen molar-refractivity contribution in [3.63, 3.8) is 0 Å². The molecule has 0 spiro atoms. The molecule has 1 aliphatic carbocycles. The summed E-state index contributed by atoms with van der Waals surface area (Å²) in [5.41, 5.74) is 1.45. The van der Waals surface area contributed by atoms with Gasteiger partial charge in [0.25, 0.3) is 5.56 Å². The highest BCUT2D eigenvalue weighted by molar-refractivity contribution is 5.81. The number of methoxy groups -OCH3 is 1. The predicted octanol–water partition coefficient (Wildman–Crippen LogP) is 2.22. The lowest BCUT2D eigenvalue weighted by Crippen LogP contribution is -2.41. The zero-order chi connectivity index (χ0) is 17.8. The van der Waals surface area contributed by atoms with E-state index in [0.717, 1.165) is 30.6 Å². The SMILES string of the molecule is CC[C@H](Cn1nc(-c2ccc(OC)cc2)ccc1=O)NC(=O)C1CC1. The number of ether oxygens (including phenoxy) is 1. The van der Waals surface area contributed by atoms with Crippen LogP contribution in [0.15, 0.2) is 41.2 Å². The number of amides is 1. The summed E-state index contributed by atoms with van der Waals surface area (Å²) in [5.74, 6) is 1.02. The number of hydrogen-bond donors (Lipinski definition) is 1. The normalized spacial score (nSPS) is 14.8. The molecule has 25 heavy (non-hydrogen) atoms. The van der Waals surface area contributed by atoms with Crippen molar-refractivity contribution in [1.82, 2.24) is 15.1 Å². The molecule has 0 bridgehead atoms. The second-order valence-electron chi connectivity index (χ2n) is 6.36. The van der Waals surface area contributed by atoms with E-state index in [1.165, 1.54) is 10.7 Å². The number of aromatic nitrogens is 2. The summed E-state index contributed by atoms with van der Waals surface area (Å²) in [6.45, 7) is 2.37. The fourth-order valence-corrected chi connectivity index (χ4v) is 2.65. The first-order chi connectivity index (χ1) is 12.1. The van der Waals surface area contributed by atoms with E-state index in [4.69, 9.17) is 4.74 Å². The minimum Gasteiger partial charge on any atom is -0.497 e. The van der Waals surface area contributed by atoms with Crippen LogP contribution in [0.1, 0.15) is 26.2 Å². The summed E-state index contributed by atoms with van der Waals surface area (Å²) in [6, 6.07) is 10.7. The Balaban J connectivity index is 1.77. The highest BCUT2D eigenvalue weighted by atomic mass is 16.5. The summed E-state index contributed by atoms with van der Waals surface area (Å²) in [7, 11) is 1.62. The smallest absolute Gasteiger partial charge is 0.266 e. The Bertz CT molecular complexity index is 794. The Hall–Kier alpha value is -2.63. The van der Waals surface area contributed by atoms with Crippen LogP contribution in [0.4, 0.5) is 0 Å². The molecule has 0 saturated heterocycles. The summed E-state index contributed by atoms with van der Waals surface area (Å²) in [4.78, 5) is 24.1. The van der Waals surface area contributed by atoms with E-state index in [1.54, 1.807) is 13.2 Å². The second-order valence-corrected chi connectivity index (χ2v) is 6.36. The molecule has 0 radical (unpaired) electrons. The molecular formula is C19H23N3O3. The van der Waals surface area contributed by atoms with E-state index in [1.807, 2.05) is 31.2 Å². The summed E-state index contributed by atoms with van der Waals surface area (Å²) >= 11 is 0. The van der Waals surface area contributed by atoms with E-state index in [-0.39, 0.29) is 23.4 Å². The first-order valence-corrected chi connectivity index (χ1v) is 8.63. The number of hydrogen-bond acceptors (Lipinski definition) is 4. The molecule has 6 nitrogen and oxygen atoms in total. The molecule has 1 heterocycles. The fraction of sp³-hybridized carbons (Fsp3) is 0.421. The van der Waals surface area contributed by atoms with Gasteiger partial charge in [0.1, 0.15) is 5.75 Å². The van der Waals surface area contributed by atoms with Crippen LogP contribution >= 0.6 is 0 Å². The van der Waals surface area contributed by atoms with Crippen LogP contribution in [0.2, 0.25) is 0 Å². The Morgan fingerprint density at radius 1 is 1.28 bits per heavy atom. The summed E-state index contributed by atoms with van der Waals surface area (Å²) < 4.78 is 6.59. The average molecular weight is 341 g/mol. The molecule has 1 saturated carbocycles. The number of rotatable bonds is 7. The van der Waals surface area contributed by atoms with Crippen LogP contribution < -0.4 is 15.6 Å². The molecule has 132 valence electrons. The van der Waals surface area contributed by atoms with Crippen LogP contribution in [0.3, 0.4) is 0 Å². The standard InChI is InChI=1S/C19H23N3O3/c1-3-15(20-19(24)14-4-5-14)12-22-18(23)11-10-17(21-22)13-6-8-16(25-2)9-7-13/h6-11,14-15H,3-5,12H2,1-2H3,(H,20,24)/t15-/m1/s1. The summed E-state index contributed by atoms with van der Waals surface area (Å²) in [6.07, 6.45) is 2.68. The van der Waals surface area contributed by atoms with Crippen molar-refractivity contribution in [2.45, 2.75) is 38.8 Å². The maximum atomic E-state index is 12.2. The molecule has 3 rings (SSSR count). The van der Waals surface area contributed by atoms with Gasteiger partial charge in [0.2, 0.25) is 5.91 Å². The van der Waals surface area contributed by atoms with E-state index >= 15 is 0 Å². The molecule has 1 aromatic heterocycles. The highest BCUT2D eigenvalue weighted by Gasteiger charge is 2.30. The second kappa shape index (κ2) is 7.51. The average Bonchev–Trinajstić information content (AvgIpc) is 3.48. The predicted molar refractivity (Wildman–Crippen MR) is 95.4 cm³/mol. The third-order valence-electron chi connectivity index (χ3n) is 4.43. The first kappa shape index (κ1) is 17.2. The van der Waals surface area contributed by atoms with Crippen LogP contribution in [0.25, 0.3) is 11.3 Å². The van der Waals surface area contributed by atoms with Crippen molar-refractivity contribution in [2.24, 2.45) is 5.92 Å². The van der Waals surface area contributed by atoms with Gasteiger partial charge in [-0.25, -0.2) is 4.68 Å². The molecule has 6 heteroatoms. The van der Waals surface area contributed by atoms with Crippen LogP contribution in [0, 0.1) is 5.92 Å². The van der Waals surface area contributed by atoms with Crippen LogP contribution in [0.5, 0.6) is 5.75 Å². The van der Waals surface area contributed by atoms with Gasteiger partial charge in [0.15, 0.2) is 0 Å². The lowest BCUT2D eigenvalue weighted by Gasteiger charge is -2.18. The highest BCUT2D eigenvalue weighted by Crippen LogP contribution is 2.29. The van der Waals surface area contributed by atoms with Crippen molar-refractivity contribution >= 4 is 5.91 Å². The number of carbonyl (C=O) groups is 1. The van der Waals surface area contributed by atoms with E-state index < -0.39 is 0 Å². The van der Waals surface area contributed by atoms with Crippen molar-refractivity contribution < 1.29 is 9.53 Å². The zero-order valence-corrected chi connectivity index (χ0v) is 14.6. The monoisotopic (exact) mass is 341 g/mol. The van der Waals surface area contributed by atoms with Gasteiger partial charge < -0.3 is 10.1 Å². The molecule has 0 aliphatic heterocycles. The van der Waals surface area contributed by atoms with Crippen LogP contribution in [-0.4, -0.2) is 28.8 Å². The minimum atomic E-state index is -0.170. The topological polar surface area (TPSA) is 73.2 Å². The first-order valence-electron chi connectivity index (χ1n) is 8.63. The largest absolute Gasteiger partial charge is 0.497 e. The van der Waals surface area contributed by atoms with Gasteiger partial charge >= 0.3 is 0 Å². The fourth-order valence-electron chi connectivity index (χ4n) is 2.65. The Labute approximate surface area is 146 Å². The number of nitrogens with zero attached hydrogens (tertiary/aromatic N) is 2. The van der Waals surface area contributed by atoms with Gasteiger partial charge in [-0.05, 0) is 49.6 Å². The molecule has 1 N–H and O–H groups in total. The molecule has 0 unspecified atom stereocenters. The van der Waals surface area contributed by atoms with Crippen molar-refractivity contribution in [3.8, 4) is 17.0 Å². The molecule has 1 fully saturated rings. The maximum Gasteiger partial charge on any atom is 0.266 e. The lowest BCUT2D eigenvalue weighted by molar-refractivity contribution is -0.123. The van der Waals surface area contributed by atoms with E-state index in [9.17, 15) is 9.59 Å². The minimum absolute atomic E-state index is 0.0891. The number of benzene rings is 1. The molecule has 1 aliphatic rings. The zero-order valence-electron chi connectivity index (χ0n) is 14.6. The Morgan fingerprint density at radius 3 is 2.60 bits per heavy atom. The Kier molecular flexibility index (Phi) is 5.16. The van der Waals surface area contributed by atoms with Gasteiger partial charge in [-0.15, -0.1) is 0 Å². The number of nitrogens with one attached hydrogen (secondary N) is 1. The number of carbonyl (C=O) groups excluding carboxylic acids is 1. The molecule has 2 aromatic rings. The quantitative estimate of drug-likeness (QED) is 0.838. The third-order valence-corrected chi connectivity index (χ3v) is 4.43. The molecule has 1 amide bonds. The van der Waals surface area contributed by atoms with Gasteiger partial charge in [-0.3, -0.25) is 9.59 Å². The van der Waals surface area contributed by atoms with Crippen molar-refractivity contribution in [2.75, 3.05) is 7.11 Å².